The van der Waals surface area contributed by atoms with Crippen molar-refractivity contribution >= 4 is 23.9 Å². The lowest BCUT2D eigenvalue weighted by molar-refractivity contribution is -0.118. The Bertz CT molecular complexity index is 1340. The van der Waals surface area contributed by atoms with E-state index in [0.717, 1.165) is 17.0 Å². The monoisotopic (exact) mass is 504 g/mol. The summed E-state index contributed by atoms with van der Waals surface area (Å²) in [7, 11) is 1.46. The van der Waals surface area contributed by atoms with Gasteiger partial charge >= 0.3 is 0 Å². The lowest BCUT2D eigenvalue weighted by Crippen LogP contribution is -2.20. The molecule has 0 radical (unpaired) electrons. The van der Waals surface area contributed by atoms with Crippen LogP contribution < -0.4 is 14.9 Å². The van der Waals surface area contributed by atoms with Gasteiger partial charge < -0.3 is 14.6 Å². The second-order valence-corrected chi connectivity index (χ2v) is 8.27. The summed E-state index contributed by atoms with van der Waals surface area (Å²) in [4.78, 5) is 16.6. The molecule has 4 rings (SSSR count). The topological polar surface area (TPSA) is 124 Å². The van der Waals surface area contributed by atoms with Crippen molar-refractivity contribution in [1.82, 2.24) is 25.2 Å². The molecule has 0 aliphatic carbocycles. The number of hydrazone groups is 1. The second kappa shape index (κ2) is 11.8. The number of nitrogens with one attached hydrogen (secondary N) is 1. The van der Waals surface area contributed by atoms with E-state index in [9.17, 15) is 9.90 Å². The second-order valence-electron chi connectivity index (χ2n) is 7.32. The van der Waals surface area contributed by atoms with Crippen LogP contribution >= 0.6 is 11.8 Å². The molecule has 0 saturated carbocycles. The fraction of sp³-hybridized carbons (Fsp3) is 0.160. The SMILES string of the molecule is CCOc1ccc(-n2c(SCC(=O)N/N=C/c3ccc(O)c(OC)c3)nnc2-c2cccnc2)cc1. The summed E-state index contributed by atoms with van der Waals surface area (Å²) in [5.41, 5.74) is 4.78. The van der Waals surface area contributed by atoms with E-state index in [1.165, 1.54) is 31.2 Å². The zero-order chi connectivity index (χ0) is 25.3. The lowest BCUT2D eigenvalue weighted by Gasteiger charge is -2.11. The first-order valence-corrected chi connectivity index (χ1v) is 12.0. The first kappa shape index (κ1) is 24.7. The normalized spacial score (nSPS) is 10.9. The van der Waals surface area contributed by atoms with E-state index >= 15 is 0 Å². The van der Waals surface area contributed by atoms with Crippen molar-refractivity contribution in [3.63, 3.8) is 0 Å². The number of methoxy groups -OCH3 is 1. The number of aromatic hydroxyl groups is 1. The van der Waals surface area contributed by atoms with Crippen LogP contribution in [0.5, 0.6) is 17.2 Å². The van der Waals surface area contributed by atoms with E-state index in [0.29, 0.717) is 28.9 Å². The highest BCUT2D eigenvalue weighted by atomic mass is 32.2. The number of carbonyl (C=O) groups is 1. The van der Waals surface area contributed by atoms with Gasteiger partial charge in [0.15, 0.2) is 22.5 Å². The number of aromatic nitrogens is 4. The molecule has 2 aromatic carbocycles. The number of carbonyl (C=O) groups excluding carboxylic acids is 1. The third-order valence-corrected chi connectivity index (χ3v) is 5.83. The molecule has 4 aromatic rings. The van der Waals surface area contributed by atoms with Gasteiger partial charge in [-0.05, 0) is 67.1 Å². The number of hydrogen-bond acceptors (Lipinski definition) is 9. The van der Waals surface area contributed by atoms with Crippen LogP contribution in [0.3, 0.4) is 0 Å². The number of amides is 1. The molecule has 2 heterocycles. The Kier molecular flexibility index (Phi) is 8.14. The maximum atomic E-state index is 12.4. The summed E-state index contributed by atoms with van der Waals surface area (Å²) in [6.45, 7) is 2.51. The van der Waals surface area contributed by atoms with E-state index in [2.05, 4.69) is 25.7 Å². The number of phenols is 1. The molecule has 11 heteroatoms. The fourth-order valence-electron chi connectivity index (χ4n) is 3.25. The molecule has 0 saturated heterocycles. The average Bonchev–Trinajstić information content (AvgIpc) is 3.33. The quantitative estimate of drug-likeness (QED) is 0.190. The zero-order valence-corrected chi connectivity index (χ0v) is 20.5. The number of ether oxygens (including phenoxy) is 2. The van der Waals surface area contributed by atoms with Gasteiger partial charge in [-0.2, -0.15) is 5.10 Å². The van der Waals surface area contributed by atoms with E-state index in [1.807, 2.05) is 47.9 Å². The van der Waals surface area contributed by atoms with E-state index in [1.54, 1.807) is 24.5 Å². The summed E-state index contributed by atoms with van der Waals surface area (Å²) in [6, 6.07) is 16.1. The molecule has 10 nitrogen and oxygen atoms in total. The number of benzene rings is 2. The Morgan fingerprint density at radius 3 is 2.75 bits per heavy atom. The van der Waals surface area contributed by atoms with Gasteiger partial charge in [0.2, 0.25) is 0 Å². The minimum absolute atomic E-state index is 0.0254. The Hall–Kier alpha value is -4.38. The predicted octanol–water partition coefficient (Wildman–Crippen LogP) is 3.68. The van der Waals surface area contributed by atoms with E-state index < -0.39 is 0 Å². The van der Waals surface area contributed by atoms with Gasteiger partial charge in [-0.1, -0.05) is 11.8 Å². The van der Waals surface area contributed by atoms with Crippen molar-refractivity contribution in [3.8, 4) is 34.3 Å². The maximum absolute atomic E-state index is 12.4. The standard InChI is InChI=1S/C25H24N6O4S/c1-3-35-20-9-7-19(8-10-20)31-24(18-5-4-12-26-15-18)29-30-25(31)36-16-23(33)28-27-14-17-6-11-21(32)22(13-17)34-2/h4-15,32H,3,16H2,1-2H3,(H,28,33)/b27-14+. The lowest BCUT2D eigenvalue weighted by atomic mass is 10.2. The molecule has 2 aromatic heterocycles. The molecular formula is C25H24N6O4S. The number of pyridine rings is 1. The van der Waals surface area contributed by atoms with Gasteiger partial charge in [-0.3, -0.25) is 14.3 Å². The minimum Gasteiger partial charge on any atom is -0.504 e. The van der Waals surface area contributed by atoms with Crippen LogP contribution in [-0.2, 0) is 4.79 Å². The molecule has 184 valence electrons. The van der Waals surface area contributed by atoms with Crippen molar-refractivity contribution in [2.24, 2.45) is 5.10 Å². The molecule has 1 amide bonds. The van der Waals surface area contributed by atoms with Crippen LogP contribution in [0.15, 0.2) is 77.2 Å². The molecular weight excluding hydrogens is 480 g/mol. The van der Waals surface area contributed by atoms with Crippen molar-refractivity contribution in [2.45, 2.75) is 12.1 Å². The molecule has 0 fully saturated rings. The Morgan fingerprint density at radius 1 is 1.19 bits per heavy atom. The van der Waals surface area contributed by atoms with Crippen LogP contribution in [0.25, 0.3) is 17.1 Å². The first-order valence-electron chi connectivity index (χ1n) is 11.0. The van der Waals surface area contributed by atoms with Gasteiger partial charge in [0, 0.05) is 23.6 Å². The average molecular weight is 505 g/mol. The molecule has 36 heavy (non-hydrogen) atoms. The van der Waals surface area contributed by atoms with Crippen LogP contribution in [0.1, 0.15) is 12.5 Å². The third kappa shape index (κ3) is 5.99. The number of thioether (sulfide) groups is 1. The summed E-state index contributed by atoms with van der Waals surface area (Å²) in [6.07, 6.45) is 4.87. The van der Waals surface area contributed by atoms with Crippen LogP contribution in [0, 0.1) is 0 Å². The molecule has 0 atom stereocenters. The van der Waals surface area contributed by atoms with E-state index in [-0.39, 0.29) is 17.4 Å². The molecule has 0 aliphatic rings. The van der Waals surface area contributed by atoms with E-state index in [4.69, 9.17) is 9.47 Å². The van der Waals surface area contributed by atoms with Gasteiger partial charge in [0.1, 0.15) is 5.75 Å². The summed E-state index contributed by atoms with van der Waals surface area (Å²) in [5.74, 6) is 1.46. The highest BCUT2D eigenvalue weighted by molar-refractivity contribution is 7.99. The maximum Gasteiger partial charge on any atom is 0.250 e. The highest BCUT2D eigenvalue weighted by Crippen LogP contribution is 2.29. The van der Waals surface area contributed by atoms with Gasteiger partial charge in [-0.25, -0.2) is 5.43 Å². The number of hydrogen-bond donors (Lipinski definition) is 2. The van der Waals surface area contributed by atoms with Crippen molar-refractivity contribution in [2.75, 3.05) is 19.5 Å². The molecule has 2 N–H and O–H groups in total. The van der Waals surface area contributed by atoms with Crippen molar-refractivity contribution in [3.05, 3.63) is 72.6 Å². The summed E-state index contributed by atoms with van der Waals surface area (Å²) < 4.78 is 12.5. The van der Waals surface area contributed by atoms with Crippen LogP contribution in [-0.4, -0.2) is 56.4 Å². The molecule has 0 spiro atoms. The van der Waals surface area contributed by atoms with Gasteiger partial charge in [0.25, 0.3) is 5.91 Å². The number of rotatable bonds is 10. The largest absolute Gasteiger partial charge is 0.504 e. The third-order valence-electron chi connectivity index (χ3n) is 4.90. The Balaban J connectivity index is 1.49. The predicted molar refractivity (Wildman–Crippen MR) is 137 cm³/mol. The molecule has 0 aliphatic heterocycles. The Labute approximate surface area is 212 Å². The zero-order valence-electron chi connectivity index (χ0n) is 19.7. The van der Waals surface area contributed by atoms with Gasteiger partial charge in [-0.15, -0.1) is 10.2 Å². The van der Waals surface area contributed by atoms with Crippen LogP contribution in [0.2, 0.25) is 0 Å². The number of nitrogens with zero attached hydrogens (tertiary/aromatic N) is 5. The van der Waals surface area contributed by atoms with Crippen molar-refractivity contribution in [1.29, 1.82) is 0 Å². The van der Waals surface area contributed by atoms with Crippen molar-refractivity contribution < 1.29 is 19.4 Å². The summed E-state index contributed by atoms with van der Waals surface area (Å²) in [5, 5.41) is 22.9. The molecule has 0 unspecified atom stereocenters. The Morgan fingerprint density at radius 2 is 2.03 bits per heavy atom. The smallest absolute Gasteiger partial charge is 0.250 e. The first-order chi connectivity index (χ1) is 17.6. The van der Waals surface area contributed by atoms with Crippen LogP contribution in [0.4, 0.5) is 0 Å². The highest BCUT2D eigenvalue weighted by Gasteiger charge is 2.17. The molecule has 0 bridgehead atoms. The fourth-order valence-corrected chi connectivity index (χ4v) is 4.00. The number of phenolic OH excluding ortho intramolecular Hbond substituents is 1. The van der Waals surface area contributed by atoms with Gasteiger partial charge in [0.05, 0.1) is 25.7 Å². The minimum atomic E-state index is -0.314. The summed E-state index contributed by atoms with van der Waals surface area (Å²) >= 11 is 1.23.